The molecule has 0 fully saturated rings. The Balaban J connectivity index is 2.56. The van der Waals surface area contributed by atoms with Gasteiger partial charge in [0.1, 0.15) is 16.8 Å². The predicted octanol–water partition coefficient (Wildman–Crippen LogP) is 3.92. The third kappa shape index (κ3) is 3.50. The number of hydrogen-bond acceptors (Lipinski definition) is 4. The maximum atomic E-state index is 11.8. The topological polar surface area (TPSA) is 67.9 Å². The molecule has 0 aliphatic carbocycles. The molecule has 2 aromatic rings. The number of hydrogen-bond donors (Lipinski definition) is 0. The molecule has 1 heterocycles. The van der Waals surface area contributed by atoms with Crippen LogP contribution >= 0.6 is 11.6 Å². The van der Waals surface area contributed by atoms with E-state index in [0.29, 0.717) is 16.4 Å². The van der Waals surface area contributed by atoms with Crippen molar-refractivity contribution in [1.82, 2.24) is 9.78 Å². The van der Waals surface area contributed by atoms with Gasteiger partial charge in [-0.05, 0) is 51.0 Å². The molecule has 0 aliphatic rings. The van der Waals surface area contributed by atoms with Crippen molar-refractivity contribution in [1.29, 1.82) is 5.26 Å². The molecule has 0 radical (unpaired) electrons. The molecule has 0 saturated carbocycles. The number of rotatable bonds is 4. The van der Waals surface area contributed by atoms with Crippen molar-refractivity contribution in [2.45, 2.75) is 27.7 Å². The summed E-state index contributed by atoms with van der Waals surface area (Å²) in [6.07, 6.45) is 1.42. The molecule has 0 bridgehead atoms. The van der Waals surface area contributed by atoms with Gasteiger partial charge in [0.2, 0.25) is 0 Å². The number of aryl methyl sites for hydroxylation is 3. The van der Waals surface area contributed by atoms with Crippen molar-refractivity contribution in [3.63, 3.8) is 0 Å². The van der Waals surface area contributed by atoms with Gasteiger partial charge in [-0.15, -0.1) is 0 Å². The maximum Gasteiger partial charge on any atom is 0.348 e. The van der Waals surface area contributed by atoms with Crippen LogP contribution in [0.4, 0.5) is 0 Å². The summed E-state index contributed by atoms with van der Waals surface area (Å²) in [7, 11) is 0. The SMILES string of the molecule is CCOC(=O)/C(C#N)=C/c1c(C)nn(-c2cc(C)ccc2C)c1Cl. The van der Waals surface area contributed by atoms with E-state index in [0.717, 1.165) is 16.8 Å². The Morgan fingerprint density at radius 2 is 2.12 bits per heavy atom. The number of carbonyl (C=O) groups excluding carboxylic acids is 1. The normalized spacial score (nSPS) is 11.2. The maximum absolute atomic E-state index is 11.8. The summed E-state index contributed by atoms with van der Waals surface area (Å²) in [5.41, 5.74) is 4.01. The average Bonchev–Trinajstić information content (AvgIpc) is 2.82. The van der Waals surface area contributed by atoms with Crippen LogP contribution in [0.25, 0.3) is 11.8 Å². The minimum Gasteiger partial charge on any atom is -0.462 e. The molecular formula is C18H18ClN3O2. The first-order valence-corrected chi connectivity index (χ1v) is 7.88. The zero-order chi connectivity index (χ0) is 17.9. The van der Waals surface area contributed by atoms with E-state index in [1.807, 2.05) is 38.1 Å². The molecule has 0 spiro atoms. The monoisotopic (exact) mass is 343 g/mol. The van der Waals surface area contributed by atoms with Crippen LogP contribution in [0.3, 0.4) is 0 Å². The quantitative estimate of drug-likeness (QED) is 0.479. The van der Waals surface area contributed by atoms with Crippen LogP contribution in [-0.4, -0.2) is 22.4 Å². The lowest BCUT2D eigenvalue weighted by Crippen LogP contribution is -2.06. The van der Waals surface area contributed by atoms with Crippen molar-refractivity contribution >= 4 is 23.6 Å². The Kier molecular flexibility index (Phi) is 5.42. The predicted molar refractivity (Wildman–Crippen MR) is 93.0 cm³/mol. The van der Waals surface area contributed by atoms with Crippen LogP contribution < -0.4 is 0 Å². The molecular weight excluding hydrogens is 326 g/mol. The first kappa shape index (κ1) is 17.8. The van der Waals surface area contributed by atoms with Gasteiger partial charge in [-0.2, -0.15) is 10.4 Å². The lowest BCUT2D eigenvalue weighted by molar-refractivity contribution is -0.137. The Labute approximate surface area is 146 Å². The number of nitrogens with zero attached hydrogens (tertiary/aromatic N) is 3. The van der Waals surface area contributed by atoms with Gasteiger partial charge in [0.25, 0.3) is 0 Å². The van der Waals surface area contributed by atoms with Crippen molar-refractivity contribution in [2.75, 3.05) is 6.61 Å². The van der Waals surface area contributed by atoms with Gasteiger partial charge in [-0.1, -0.05) is 23.7 Å². The zero-order valence-corrected chi connectivity index (χ0v) is 14.8. The van der Waals surface area contributed by atoms with E-state index in [-0.39, 0.29) is 12.2 Å². The molecule has 5 nitrogen and oxygen atoms in total. The Hall–Kier alpha value is -2.58. The smallest absolute Gasteiger partial charge is 0.348 e. The minimum atomic E-state index is -0.671. The number of esters is 1. The van der Waals surface area contributed by atoms with Crippen molar-refractivity contribution in [3.8, 4) is 11.8 Å². The van der Waals surface area contributed by atoms with E-state index in [2.05, 4.69) is 5.10 Å². The second kappa shape index (κ2) is 7.33. The lowest BCUT2D eigenvalue weighted by atomic mass is 10.1. The highest BCUT2D eigenvalue weighted by Gasteiger charge is 2.18. The summed E-state index contributed by atoms with van der Waals surface area (Å²) in [5.74, 6) is -0.671. The third-order valence-electron chi connectivity index (χ3n) is 3.55. The lowest BCUT2D eigenvalue weighted by Gasteiger charge is -2.08. The number of aromatic nitrogens is 2. The number of benzene rings is 1. The van der Waals surface area contributed by atoms with Crippen molar-refractivity contribution in [3.05, 3.63) is 51.3 Å². The first-order chi connectivity index (χ1) is 11.4. The fourth-order valence-corrected chi connectivity index (χ4v) is 2.59. The summed E-state index contributed by atoms with van der Waals surface area (Å²) in [6, 6.07) is 7.84. The van der Waals surface area contributed by atoms with Crippen LogP contribution in [-0.2, 0) is 9.53 Å². The van der Waals surface area contributed by atoms with E-state index < -0.39 is 5.97 Å². The van der Waals surface area contributed by atoms with Crippen LogP contribution in [0.1, 0.15) is 29.3 Å². The molecule has 0 atom stereocenters. The number of ether oxygens (including phenoxy) is 1. The minimum absolute atomic E-state index is 0.109. The van der Waals surface area contributed by atoms with E-state index in [1.165, 1.54) is 6.08 Å². The summed E-state index contributed by atoms with van der Waals surface area (Å²) in [4.78, 5) is 11.8. The highest BCUT2D eigenvalue weighted by Crippen LogP contribution is 2.27. The van der Waals surface area contributed by atoms with Crippen LogP contribution in [0.2, 0.25) is 5.15 Å². The molecule has 0 saturated heterocycles. The number of carbonyl (C=O) groups is 1. The van der Waals surface area contributed by atoms with Crippen molar-refractivity contribution in [2.24, 2.45) is 0 Å². The fraction of sp³-hybridized carbons (Fsp3) is 0.278. The second-order valence-electron chi connectivity index (χ2n) is 5.38. The highest BCUT2D eigenvalue weighted by molar-refractivity contribution is 6.31. The second-order valence-corrected chi connectivity index (χ2v) is 5.74. The summed E-state index contributed by atoms with van der Waals surface area (Å²) in [5, 5.41) is 14.0. The van der Waals surface area contributed by atoms with Gasteiger partial charge in [0.15, 0.2) is 0 Å². The van der Waals surface area contributed by atoms with Gasteiger partial charge >= 0.3 is 5.97 Å². The largest absolute Gasteiger partial charge is 0.462 e. The number of halogens is 1. The van der Waals surface area contributed by atoms with E-state index in [1.54, 1.807) is 18.5 Å². The summed E-state index contributed by atoms with van der Waals surface area (Å²) < 4.78 is 6.49. The van der Waals surface area contributed by atoms with E-state index in [4.69, 9.17) is 16.3 Å². The molecule has 2 rings (SSSR count). The van der Waals surface area contributed by atoms with Gasteiger partial charge in [-0.25, -0.2) is 9.48 Å². The molecule has 124 valence electrons. The third-order valence-corrected chi connectivity index (χ3v) is 3.91. The van der Waals surface area contributed by atoms with Gasteiger partial charge < -0.3 is 4.74 Å². The fourth-order valence-electron chi connectivity index (χ4n) is 2.27. The van der Waals surface area contributed by atoms with Crippen LogP contribution in [0, 0.1) is 32.1 Å². The highest BCUT2D eigenvalue weighted by atomic mass is 35.5. The molecule has 0 amide bonds. The molecule has 6 heteroatoms. The Bertz CT molecular complexity index is 860. The summed E-state index contributed by atoms with van der Waals surface area (Å²) >= 11 is 6.47. The first-order valence-electron chi connectivity index (χ1n) is 7.50. The Morgan fingerprint density at radius 1 is 1.42 bits per heavy atom. The standard InChI is InChI=1S/C18H18ClN3O2/c1-5-24-18(23)14(10-20)9-15-13(4)21-22(17(15)19)16-8-11(2)6-7-12(16)3/h6-9H,5H2,1-4H3/b14-9+. The zero-order valence-electron chi connectivity index (χ0n) is 14.1. The molecule has 0 aliphatic heterocycles. The molecule has 1 aromatic heterocycles. The molecule has 0 unspecified atom stereocenters. The average molecular weight is 344 g/mol. The van der Waals surface area contributed by atoms with Crippen molar-refractivity contribution < 1.29 is 9.53 Å². The van der Waals surface area contributed by atoms with Gasteiger partial charge in [0.05, 0.1) is 18.0 Å². The number of nitriles is 1. The van der Waals surface area contributed by atoms with E-state index in [9.17, 15) is 10.1 Å². The molecule has 1 aromatic carbocycles. The molecule has 24 heavy (non-hydrogen) atoms. The van der Waals surface area contributed by atoms with Crippen LogP contribution in [0.15, 0.2) is 23.8 Å². The Morgan fingerprint density at radius 3 is 2.75 bits per heavy atom. The van der Waals surface area contributed by atoms with Gasteiger partial charge in [-0.3, -0.25) is 0 Å². The van der Waals surface area contributed by atoms with Crippen LogP contribution in [0.5, 0.6) is 0 Å². The molecule has 0 N–H and O–H groups in total. The van der Waals surface area contributed by atoms with Gasteiger partial charge in [0, 0.05) is 5.56 Å². The summed E-state index contributed by atoms with van der Waals surface area (Å²) in [6.45, 7) is 7.62. The van der Waals surface area contributed by atoms with E-state index >= 15 is 0 Å².